The first-order chi connectivity index (χ1) is 14.0. The molecule has 1 amide bonds. The molecule has 0 N–H and O–H groups in total. The lowest BCUT2D eigenvalue weighted by Crippen LogP contribution is -2.49. The summed E-state index contributed by atoms with van der Waals surface area (Å²) in [5.41, 5.74) is 4.22. The van der Waals surface area contributed by atoms with E-state index in [1.165, 1.54) is 22.9 Å². The van der Waals surface area contributed by atoms with Crippen LogP contribution in [0.15, 0.2) is 36.4 Å². The lowest BCUT2D eigenvalue weighted by molar-refractivity contribution is 0.0589. The van der Waals surface area contributed by atoms with Crippen LogP contribution >= 0.6 is 11.3 Å². The van der Waals surface area contributed by atoms with E-state index in [4.69, 9.17) is 9.72 Å². The summed E-state index contributed by atoms with van der Waals surface area (Å²) >= 11 is 1.69. The van der Waals surface area contributed by atoms with Crippen molar-refractivity contribution in [2.24, 2.45) is 0 Å². The number of thiazole rings is 1. The summed E-state index contributed by atoms with van der Waals surface area (Å²) in [5.74, 6) is -0.630. The van der Waals surface area contributed by atoms with Crippen molar-refractivity contribution in [2.45, 2.75) is 13.8 Å². The second-order valence-corrected chi connectivity index (χ2v) is 8.18. The SMILES string of the molecule is COC(=O)c1ccccc1C(=O)N1CCN(c2nc3c(C)c(C)ccc3s2)CC1. The lowest BCUT2D eigenvalue weighted by Gasteiger charge is -2.34. The Bertz CT molecular complexity index is 1080. The molecule has 0 saturated carbocycles. The molecule has 7 heteroatoms. The number of carbonyl (C=O) groups excluding carboxylic acids is 2. The second kappa shape index (κ2) is 7.83. The van der Waals surface area contributed by atoms with Crippen molar-refractivity contribution in [1.29, 1.82) is 0 Å². The fraction of sp³-hybridized carbons (Fsp3) is 0.318. The molecule has 1 aliphatic heterocycles. The van der Waals surface area contributed by atoms with Gasteiger partial charge in [0.2, 0.25) is 0 Å². The van der Waals surface area contributed by atoms with Gasteiger partial charge in [-0.1, -0.05) is 29.5 Å². The fourth-order valence-corrected chi connectivity index (χ4v) is 4.66. The molecule has 4 rings (SSSR count). The molecule has 29 heavy (non-hydrogen) atoms. The van der Waals surface area contributed by atoms with Crippen LogP contribution in [0.2, 0.25) is 0 Å². The monoisotopic (exact) mass is 409 g/mol. The van der Waals surface area contributed by atoms with Crippen molar-refractivity contribution in [3.63, 3.8) is 0 Å². The quantitative estimate of drug-likeness (QED) is 0.618. The standard InChI is InChI=1S/C22H23N3O3S/c1-14-8-9-18-19(15(14)2)23-22(29-18)25-12-10-24(11-13-25)20(26)16-6-4-5-7-17(16)21(27)28-3/h4-9H,10-13H2,1-3H3. The summed E-state index contributed by atoms with van der Waals surface area (Å²) in [6.45, 7) is 6.80. The van der Waals surface area contributed by atoms with Gasteiger partial charge < -0.3 is 14.5 Å². The van der Waals surface area contributed by atoms with Crippen molar-refractivity contribution >= 4 is 38.6 Å². The summed E-state index contributed by atoms with van der Waals surface area (Å²) in [6.07, 6.45) is 0. The predicted molar refractivity (Wildman–Crippen MR) is 115 cm³/mol. The van der Waals surface area contributed by atoms with Crippen LogP contribution in [0, 0.1) is 13.8 Å². The zero-order chi connectivity index (χ0) is 20.5. The number of methoxy groups -OCH3 is 1. The number of amides is 1. The van der Waals surface area contributed by atoms with E-state index in [2.05, 4.69) is 30.9 Å². The van der Waals surface area contributed by atoms with Gasteiger partial charge in [-0.15, -0.1) is 0 Å². The molecule has 0 unspecified atom stereocenters. The van der Waals surface area contributed by atoms with E-state index in [0.29, 0.717) is 37.3 Å². The van der Waals surface area contributed by atoms with Crippen LogP contribution in [0.25, 0.3) is 10.2 Å². The predicted octanol–water partition coefficient (Wildman–Crippen LogP) is 3.66. The topological polar surface area (TPSA) is 62.7 Å². The molecule has 150 valence electrons. The van der Waals surface area contributed by atoms with E-state index >= 15 is 0 Å². The molecule has 2 heterocycles. The summed E-state index contributed by atoms with van der Waals surface area (Å²) in [5, 5.41) is 0.996. The minimum absolute atomic E-state index is 0.138. The van der Waals surface area contributed by atoms with Gasteiger partial charge in [0.25, 0.3) is 5.91 Å². The molecule has 3 aromatic rings. The van der Waals surface area contributed by atoms with Crippen LogP contribution in [0.3, 0.4) is 0 Å². The van der Waals surface area contributed by atoms with Crippen LogP contribution < -0.4 is 4.90 Å². The maximum Gasteiger partial charge on any atom is 0.338 e. The fourth-order valence-electron chi connectivity index (χ4n) is 3.58. The Hall–Kier alpha value is -2.93. The lowest BCUT2D eigenvalue weighted by atomic mass is 10.1. The first kappa shape index (κ1) is 19.4. The van der Waals surface area contributed by atoms with Gasteiger partial charge >= 0.3 is 5.97 Å². The number of rotatable bonds is 3. The van der Waals surface area contributed by atoms with Crippen molar-refractivity contribution < 1.29 is 14.3 Å². The smallest absolute Gasteiger partial charge is 0.338 e. The molecule has 1 aromatic heterocycles. The highest BCUT2D eigenvalue weighted by Crippen LogP contribution is 2.32. The number of ether oxygens (including phenoxy) is 1. The van der Waals surface area contributed by atoms with E-state index < -0.39 is 5.97 Å². The third kappa shape index (κ3) is 3.58. The zero-order valence-electron chi connectivity index (χ0n) is 16.8. The molecule has 1 saturated heterocycles. The van der Waals surface area contributed by atoms with Gasteiger partial charge in [-0.3, -0.25) is 4.79 Å². The van der Waals surface area contributed by atoms with E-state index in [9.17, 15) is 9.59 Å². The van der Waals surface area contributed by atoms with Crippen molar-refractivity contribution in [1.82, 2.24) is 9.88 Å². The summed E-state index contributed by atoms with van der Waals surface area (Å²) < 4.78 is 6.00. The molecule has 6 nitrogen and oxygen atoms in total. The minimum Gasteiger partial charge on any atom is -0.465 e. The Morgan fingerprint density at radius 3 is 2.38 bits per heavy atom. The maximum atomic E-state index is 13.0. The van der Waals surface area contributed by atoms with Gasteiger partial charge in [0.05, 0.1) is 28.5 Å². The second-order valence-electron chi connectivity index (χ2n) is 7.17. The number of nitrogens with zero attached hydrogens (tertiary/aromatic N) is 3. The summed E-state index contributed by atoms with van der Waals surface area (Å²) in [6, 6.07) is 11.1. The zero-order valence-corrected chi connectivity index (χ0v) is 17.6. The molecular formula is C22H23N3O3S. The molecule has 1 fully saturated rings. The van der Waals surface area contributed by atoms with Crippen LogP contribution in [-0.2, 0) is 4.74 Å². The van der Waals surface area contributed by atoms with E-state index in [1.807, 2.05) is 0 Å². The number of esters is 1. The highest BCUT2D eigenvalue weighted by atomic mass is 32.1. The number of aromatic nitrogens is 1. The third-order valence-electron chi connectivity index (χ3n) is 5.47. The number of hydrogen-bond acceptors (Lipinski definition) is 6. The Balaban J connectivity index is 1.50. The van der Waals surface area contributed by atoms with Gasteiger partial charge in [0.1, 0.15) is 0 Å². The normalized spacial score (nSPS) is 14.3. The van der Waals surface area contributed by atoms with Gasteiger partial charge in [0.15, 0.2) is 5.13 Å². The van der Waals surface area contributed by atoms with Crippen LogP contribution in [0.4, 0.5) is 5.13 Å². The number of carbonyl (C=O) groups is 2. The Morgan fingerprint density at radius 2 is 1.69 bits per heavy atom. The van der Waals surface area contributed by atoms with E-state index in [-0.39, 0.29) is 5.91 Å². The summed E-state index contributed by atoms with van der Waals surface area (Å²) in [4.78, 5) is 33.9. The summed E-state index contributed by atoms with van der Waals surface area (Å²) in [7, 11) is 1.32. The highest BCUT2D eigenvalue weighted by Gasteiger charge is 2.27. The van der Waals surface area contributed by atoms with Gasteiger partial charge in [-0.2, -0.15) is 0 Å². The number of benzene rings is 2. The van der Waals surface area contributed by atoms with Crippen molar-refractivity contribution in [2.75, 3.05) is 38.2 Å². The maximum absolute atomic E-state index is 13.0. The molecule has 0 radical (unpaired) electrons. The molecule has 2 aromatic carbocycles. The largest absolute Gasteiger partial charge is 0.465 e. The highest BCUT2D eigenvalue weighted by molar-refractivity contribution is 7.22. The molecule has 1 aliphatic rings. The first-order valence-corrected chi connectivity index (χ1v) is 10.4. The molecule has 0 aliphatic carbocycles. The Morgan fingerprint density at radius 1 is 1.00 bits per heavy atom. The molecule has 0 atom stereocenters. The number of aryl methyl sites for hydroxylation is 2. The number of fused-ring (bicyclic) bond motifs is 1. The number of hydrogen-bond donors (Lipinski definition) is 0. The van der Waals surface area contributed by atoms with Crippen LogP contribution in [0.1, 0.15) is 31.8 Å². The van der Waals surface area contributed by atoms with Crippen LogP contribution in [-0.4, -0.2) is 55.0 Å². The van der Waals surface area contributed by atoms with Crippen LogP contribution in [0.5, 0.6) is 0 Å². The molecule has 0 spiro atoms. The molecule has 0 bridgehead atoms. The third-order valence-corrected chi connectivity index (χ3v) is 6.56. The first-order valence-electron chi connectivity index (χ1n) is 9.58. The minimum atomic E-state index is -0.493. The average Bonchev–Trinajstić information content (AvgIpc) is 3.20. The Kier molecular flexibility index (Phi) is 5.24. The van der Waals surface area contributed by atoms with E-state index in [0.717, 1.165) is 10.6 Å². The van der Waals surface area contributed by atoms with Crippen molar-refractivity contribution in [3.8, 4) is 0 Å². The van der Waals surface area contributed by atoms with Gasteiger partial charge in [-0.05, 0) is 43.2 Å². The number of anilines is 1. The van der Waals surface area contributed by atoms with Gasteiger partial charge in [0, 0.05) is 26.2 Å². The molecular weight excluding hydrogens is 386 g/mol. The Labute approximate surface area is 173 Å². The van der Waals surface area contributed by atoms with E-state index in [1.54, 1.807) is 40.5 Å². The average molecular weight is 410 g/mol. The number of piperazine rings is 1. The van der Waals surface area contributed by atoms with Crippen molar-refractivity contribution in [3.05, 3.63) is 58.7 Å². The van der Waals surface area contributed by atoms with Gasteiger partial charge in [-0.25, -0.2) is 9.78 Å².